The van der Waals surface area contributed by atoms with E-state index in [4.69, 9.17) is 18.9 Å². The smallest absolute Gasteiger partial charge is 0.303 e. The topological polar surface area (TPSA) is 115 Å². The number of esters is 1. The lowest BCUT2D eigenvalue weighted by molar-refractivity contribution is -0.192. The molecule has 8 heteroatoms. The quantitative estimate of drug-likeness (QED) is 0.195. The normalized spacial score (nSPS) is 39.3. The Balaban J connectivity index is 1.50. The van der Waals surface area contributed by atoms with Crippen molar-refractivity contribution in [1.82, 2.24) is 0 Å². The van der Waals surface area contributed by atoms with Crippen LogP contribution in [-0.2, 0) is 28.5 Å². The van der Waals surface area contributed by atoms with Gasteiger partial charge in [-0.25, -0.2) is 0 Å². The van der Waals surface area contributed by atoms with Gasteiger partial charge in [-0.15, -0.1) is 0 Å². The number of hydrogen-bond acceptors (Lipinski definition) is 8. The third-order valence-corrected chi connectivity index (χ3v) is 7.75. The van der Waals surface area contributed by atoms with Crippen LogP contribution in [-0.4, -0.2) is 76.9 Å². The van der Waals surface area contributed by atoms with Crippen molar-refractivity contribution in [2.75, 3.05) is 13.2 Å². The second-order valence-corrected chi connectivity index (χ2v) is 11.4. The van der Waals surface area contributed by atoms with Crippen LogP contribution >= 0.6 is 0 Å². The van der Waals surface area contributed by atoms with Crippen LogP contribution in [0.1, 0.15) is 67.2 Å². The van der Waals surface area contributed by atoms with E-state index in [9.17, 15) is 19.8 Å². The Hall–Kier alpha value is -1.84. The van der Waals surface area contributed by atoms with E-state index in [2.05, 4.69) is 13.0 Å². The van der Waals surface area contributed by atoms with Gasteiger partial charge < -0.3 is 29.2 Å². The second-order valence-electron chi connectivity index (χ2n) is 11.4. The maximum Gasteiger partial charge on any atom is 0.303 e. The van der Waals surface area contributed by atoms with E-state index in [1.165, 1.54) is 13.0 Å². The number of carbonyl (C=O) groups is 2. The summed E-state index contributed by atoms with van der Waals surface area (Å²) in [6.07, 6.45) is 9.83. The highest BCUT2D eigenvalue weighted by atomic mass is 16.6. The molecule has 0 bridgehead atoms. The number of carbonyl (C=O) groups excluding carboxylic acids is 2. The van der Waals surface area contributed by atoms with Gasteiger partial charge in [-0.1, -0.05) is 30.7 Å². The number of aliphatic hydroxyl groups is 2. The van der Waals surface area contributed by atoms with Gasteiger partial charge in [0.1, 0.15) is 23.9 Å². The van der Waals surface area contributed by atoms with Crippen LogP contribution in [0, 0.1) is 11.8 Å². The summed E-state index contributed by atoms with van der Waals surface area (Å²) in [6, 6.07) is 0. The van der Waals surface area contributed by atoms with Crippen LogP contribution in [0.4, 0.5) is 0 Å². The van der Waals surface area contributed by atoms with E-state index in [0.29, 0.717) is 25.4 Å². The molecule has 9 atom stereocenters. The summed E-state index contributed by atoms with van der Waals surface area (Å²) in [5.41, 5.74) is -0.318. The predicted molar refractivity (Wildman–Crippen MR) is 139 cm³/mol. The van der Waals surface area contributed by atoms with Crippen molar-refractivity contribution in [2.24, 2.45) is 11.8 Å². The highest BCUT2D eigenvalue weighted by molar-refractivity contribution is 5.89. The number of allylic oxidation sites excluding steroid dienone is 3. The zero-order valence-electron chi connectivity index (χ0n) is 23.0. The number of ether oxygens (including phenoxy) is 4. The number of hydrogen-bond donors (Lipinski definition) is 2. The molecule has 0 aliphatic carbocycles. The Labute approximate surface area is 220 Å². The van der Waals surface area contributed by atoms with E-state index in [-0.39, 0.29) is 36.5 Å². The monoisotopic (exact) mass is 520 g/mol. The standard InChI is InChI=1S/C29H44O8/c1-18(8-12-26-27(33)29(17-34-29)15-28(6,16-30)37-26)7-11-25-19(2)13-23(21(4)36-25)14-24(32)10-9-20(3)35-22(5)31/h7-10,12,19-21,23,25-27,30,33H,11,13-17H2,1-6H3/b10-9-,12-8+,18-7+/t19-,20+,21+,23-,25-,26-,27-,28+,29-/m1/s1. The van der Waals surface area contributed by atoms with Crippen LogP contribution in [0.3, 0.4) is 0 Å². The van der Waals surface area contributed by atoms with E-state index in [1.54, 1.807) is 13.0 Å². The Kier molecular flexibility index (Phi) is 9.91. The molecule has 2 N–H and O–H groups in total. The van der Waals surface area contributed by atoms with Crippen molar-refractivity contribution in [3.63, 3.8) is 0 Å². The molecule has 3 saturated heterocycles. The van der Waals surface area contributed by atoms with Gasteiger partial charge in [0.25, 0.3) is 0 Å². The van der Waals surface area contributed by atoms with Gasteiger partial charge in [0.2, 0.25) is 0 Å². The fraction of sp³-hybridized carbons (Fsp3) is 0.724. The van der Waals surface area contributed by atoms with Crippen LogP contribution in [0.25, 0.3) is 0 Å². The molecule has 208 valence electrons. The minimum absolute atomic E-state index is 0.00812. The van der Waals surface area contributed by atoms with Gasteiger partial charge in [-0.2, -0.15) is 0 Å². The molecule has 3 fully saturated rings. The molecule has 1 spiro atoms. The van der Waals surface area contributed by atoms with Crippen LogP contribution in [0.5, 0.6) is 0 Å². The average molecular weight is 521 g/mol. The number of aliphatic hydroxyl groups excluding tert-OH is 2. The molecule has 3 aliphatic heterocycles. The van der Waals surface area contributed by atoms with E-state index in [0.717, 1.165) is 18.4 Å². The van der Waals surface area contributed by atoms with E-state index < -0.39 is 29.5 Å². The van der Waals surface area contributed by atoms with Crippen molar-refractivity contribution in [2.45, 2.75) is 109 Å². The number of rotatable bonds is 10. The van der Waals surface area contributed by atoms with Gasteiger partial charge in [-0.3, -0.25) is 9.59 Å². The summed E-state index contributed by atoms with van der Waals surface area (Å²) >= 11 is 0. The fourth-order valence-corrected chi connectivity index (χ4v) is 5.44. The van der Waals surface area contributed by atoms with E-state index in [1.807, 2.05) is 32.9 Å². The Morgan fingerprint density at radius 2 is 1.92 bits per heavy atom. The number of ketones is 1. The summed E-state index contributed by atoms with van der Waals surface area (Å²) in [6.45, 7) is 11.4. The lowest BCUT2D eigenvalue weighted by Crippen LogP contribution is -2.56. The minimum Gasteiger partial charge on any atom is -0.459 e. The molecular formula is C29H44O8. The molecule has 37 heavy (non-hydrogen) atoms. The number of epoxide rings is 1. The van der Waals surface area contributed by atoms with Gasteiger partial charge in [0.05, 0.1) is 31.0 Å². The Morgan fingerprint density at radius 1 is 1.22 bits per heavy atom. The highest BCUT2D eigenvalue weighted by Crippen LogP contribution is 2.46. The van der Waals surface area contributed by atoms with Crippen LogP contribution in [0.2, 0.25) is 0 Å². The first kappa shape index (κ1) is 29.7. The molecule has 3 heterocycles. The van der Waals surface area contributed by atoms with Crippen LogP contribution in [0.15, 0.2) is 36.0 Å². The van der Waals surface area contributed by atoms with E-state index >= 15 is 0 Å². The molecule has 0 amide bonds. The maximum atomic E-state index is 12.4. The molecule has 3 rings (SSSR count). The predicted octanol–water partition coefficient (Wildman–Crippen LogP) is 3.45. The SMILES string of the molecule is CC(=O)O[C@@H](C)/C=C\C(=O)C[C@H]1C[C@@H](C)[C@@H](C/C=C(C)/C=C/[C@H]2O[C@](C)(CO)C[C@@]3(CO3)[C@@H]2O)O[C@H]1C. The summed E-state index contributed by atoms with van der Waals surface area (Å²) in [4.78, 5) is 23.4. The molecule has 3 aliphatic rings. The van der Waals surface area contributed by atoms with Crippen molar-refractivity contribution >= 4 is 11.8 Å². The van der Waals surface area contributed by atoms with Gasteiger partial charge in [0, 0.05) is 19.8 Å². The molecule has 0 aromatic heterocycles. The van der Waals surface area contributed by atoms with Gasteiger partial charge >= 0.3 is 5.97 Å². The van der Waals surface area contributed by atoms with Crippen LogP contribution < -0.4 is 0 Å². The molecule has 0 aromatic carbocycles. The minimum atomic E-state index is -0.766. The fourth-order valence-electron chi connectivity index (χ4n) is 5.44. The molecule has 8 nitrogen and oxygen atoms in total. The van der Waals surface area contributed by atoms with Crippen molar-refractivity contribution in [3.05, 3.63) is 36.0 Å². The van der Waals surface area contributed by atoms with Crippen molar-refractivity contribution < 1.29 is 38.7 Å². The molecule has 0 saturated carbocycles. The highest BCUT2D eigenvalue weighted by Gasteiger charge is 2.61. The second kappa shape index (κ2) is 12.3. The zero-order chi connectivity index (χ0) is 27.4. The summed E-state index contributed by atoms with van der Waals surface area (Å²) in [5, 5.41) is 20.5. The Bertz CT molecular complexity index is 904. The third-order valence-electron chi connectivity index (χ3n) is 7.75. The molecule has 0 unspecified atom stereocenters. The summed E-state index contributed by atoms with van der Waals surface area (Å²) in [7, 11) is 0. The lowest BCUT2D eigenvalue weighted by Gasteiger charge is -2.42. The molecule has 0 aromatic rings. The first-order valence-electron chi connectivity index (χ1n) is 13.4. The first-order valence-corrected chi connectivity index (χ1v) is 13.4. The third kappa shape index (κ3) is 8.07. The van der Waals surface area contributed by atoms with Crippen molar-refractivity contribution in [1.29, 1.82) is 0 Å². The summed E-state index contributed by atoms with van der Waals surface area (Å²) < 4.78 is 22.9. The maximum absolute atomic E-state index is 12.4. The van der Waals surface area contributed by atoms with Crippen molar-refractivity contribution in [3.8, 4) is 0 Å². The van der Waals surface area contributed by atoms with Gasteiger partial charge in [-0.05, 0) is 64.5 Å². The average Bonchev–Trinajstić information content (AvgIpc) is 3.59. The molecule has 0 radical (unpaired) electrons. The zero-order valence-corrected chi connectivity index (χ0v) is 23.0. The largest absolute Gasteiger partial charge is 0.459 e. The summed E-state index contributed by atoms with van der Waals surface area (Å²) in [5.74, 6) is 0.0740. The molecular weight excluding hydrogens is 476 g/mol. The Morgan fingerprint density at radius 3 is 2.54 bits per heavy atom. The van der Waals surface area contributed by atoms with Gasteiger partial charge in [0.15, 0.2) is 5.78 Å². The first-order chi connectivity index (χ1) is 17.4. The lowest BCUT2D eigenvalue weighted by atomic mass is 9.81.